The second-order valence-electron chi connectivity index (χ2n) is 7.16. The lowest BCUT2D eigenvalue weighted by atomic mass is 10.1. The van der Waals surface area contributed by atoms with Gasteiger partial charge in [-0.05, 0) is 12.8 Å². The third-order valence-electron chi connectivity index (χ3n) is 4.16. The summed E-state index contributed by atoms with van der Waals surface area (Å²) in [5.41, 5.74) is 10.4. The first-order valence-electron chi connectivity index (χ1n) is 10.3. The Morgan fingerprint density at radius 1 is 0.778 bits per heavy atom. The summed E-state index contributed by atoms with van der Waals surface area (Å²) in [4.78, 5) is 85.2. The highest BCUT2D eigenvalue weighted by Gasteiger charge is 2.29. The summed E-state index contributed by atoms with van der Waals surface area (Å²) < 4.78 is 0. The Balaban J connectivity index is 5.20. The number of nitrogens with one attached hydrogen (secondary N) is 4. The SMILES string of the molecule is NC(N)=NCCCC(NC(=O)CC(=O)NC(CC(=O)O)C(=O)NC(CO)C(=O)O)C(=O)NCC(=O)O. The number of amides is 4. The third-order valence-corrected chi connectivity index (χ3v) is 4.16. The zero-order chi connectivity index (χ0) is 27.8. The molecular formula is C18H29N7O11. The molecule has 0 aromatic rings. The Morgan fingerprint density at radius 3 is 1.83 bits per heavy atom. The molecule has 0 saturated carbocycles. The van der Waals surface area contributed by atoms with Crippen LogP contribution in [0.15, 0.2) is 4.99 Å². The van der Waals surface area contributed by atoms with Crippen LogP contribution in [0.1, 0.15) is 25.7 Å². The number of hydrogen-bond donors (Lipinski definition) is 10. The Morgan fingerprint density at radius 2 is 1.36 bits per heavy atom. The average Bonchev–Trinajstić information content (AvgIpc) is 2.76. The normalized spacial score (nSPS) is 12.7. The van der Waals surface area contributed by atoms with Gasteiger partial charge >= 0.3 is 17.9 Å². The van der Waals surface area contributed by atoms with Crippen molar-refractivity contribution in [2.45, 2.75) is 43.8 Å². The largest absolute Gasteiger partial charge is 0.481 e. The summed E-state index contributed by atoms with van der Waals surface area (Å²) in [7, 11) is 0. The van der Waals surface area contributed by atoms with E-state index in [1.54, 1.807) is 0 Å². The number of carboxylic acids is 3. The summed E-state index contributed by atoms with van der Waals surface area (Å²) >= 11 is 0. The molecule has 0 spiro atoms. The Hall–Kier alpha value is -4.48. The summed E-state index contributed by atoms with van der Waals surface area (Å²) in [5.74, 6) is -8.99. The molecule has 0 saturated heterocycles. The van der Waals surface area contributed by atoms with Crippen LogP contribution in [-0.2, 0) is 33.6 Å². The van der Waals surface area contributed by atoms with Crippen molar-refractivity contribution in [3.63, 3.8) is 0 Å². The van der Waals surface area contributed by atoms with Gasteiger partial charge in [-0.2, -0.15) is 0 Å². The van der Waals surface area contributed by atoms with E-state index in [0.717, 1.165) is 0 Å². The first-order valence-corrected chi connectivity index (χ1v) is 10.3. The van der Waals surface area contributed by atoms with Gasteiger partial charge in [-0.3, -0.25) is 33.8 Å². The third kappa shape index (κ3) is 13.9. The predicted octanol–water partition coefficient (Wildman–Crippen LogP) is -5.36. The molecule has 3 atom stereocenters. The molecule has 36 heavy (non-hydrogen) atoms. The second kappa shape index (κ2) is 16.2. The van der Waals surface area contributed by atoms with Crippen LogP contribution in [0.3, 0.4) is 0 Å². The van der Waals surface area contributed by atoms with Crippen LogP contribution in [-0.4, -0.2) is 106 Å². The molecule has 18 heteroatoms. The van der Waals surface area contributed by atoms with Crippen molar-refractivity contribution in [2.24, 2.45) is 16.5 Å². The van der Waals surface area contributed by atoms with Gasteiger partial charge < -0.3 is 53.2 Å². The van der Waals surface area contributed by atoms with Gasteiger partial charge in [0.1, 0.15) is 31.1 Å². The summed E-state index contributed by atoms with van der Waals surface area (Å²) in [6.07, 6.45) is -1.80. The molecule has 3 unspecified atom stereocenters. The lowest BCUT2D eigenvalue weighted by Gasteiger charge is -2.20. The van der Waals surface area contributed by atoms with E-state index in [1.165, 1.54) is 0 Å². The van der Waals surface area contributed by atoms with Gasteiger partial charge in [0.15, 0.2) is 5.96 Å². The van der Waals surface area contributed by atoms with Crippen LogP contribution in [0, 0.1) is 0 Å². The molecule has 12 N–H and O–H groups in total. The highest BCUT2D eigenvalue weighted by Crippen LogP contribution is 2.01. The smallest absolute Gasteiger partial charge is 0.328 e. The Labute approximate surface area is 203 Å². The van der Waals surface area contributed by atoms with Gasteiger partial charge in [0.2, 0.25) is 23.6 Å². The lowest BCUT2D eigenvalue weighted by molar-refractivity contribution is -0.144. The number of nitrogens with two attached hydrogens (primary N) is 2. The molecule has 0 heterocycles. The van der Waals surface area contributed by atoms with Crippen molar-refractivity contribution in [1.82, 2.24) is 21.3 Å². The van der Waals surface area contributed by atoms with Crippen molar-refractivity contribution in [2.75, 3.05) is 19.7 Å². The number of carboxylic acid groups (broad SMARTS) is 3. The monoisotopic (exact) mass is 519 g/mol. The molecule has 4 amide bonds. The number of aliphatic hydroxyl groups is 1. The van der Waals surface area contributed by atoms with E-state index in [-0.39, 0.29) is 25.3 Å². The minimum Gasteiger partial charge on any atom is -0.481 e. The van der Waals surface area contributed by atoms with Crippen LogP contribution in [0.5, 0.6) is 0 Å². The first-order chi connectivity index (χ1) is 16.8. The molecule has 0 aromatic heterocycles. The van der Waals surface area contributed by atoms with Gasteiger partial charge in [0.25, 0.3) is 0 Å². The van der Waals surface area contributed by atoms with E-state index in [4.69, 9.17) is 31.9 Å². The zero-order valence-electron chi connectivity index (χ0n) is 18.9. The van der Waals surface area contributed by atoms with Crippen molar-refractivity contribution in [1.29, 1.82) is 0 Å². The number of aliphatic hydroxyl groups excluding tert-OH is 1. The van der Waals surface area contributed by atoms with Gasteiger partial charge in [-0.15, -0.1) is 0 Å². The molecule has 0 rings (SSSR count). The number of carbonyl (C=O) groups excluding carboxylic acids is 4. The highest BCUT2D eigenvalue weighted by molar-refractivity contribution is 6.01. The zero-order valence-corrected chi connectivity index (χ0v) is 18.9. The average molecular weight is 519 g/mol. The minimum absolute atomic E-state index is 0.0443. The number of rotatable bonds is 17. The van der Waals surface area contributed by atoms with E-state index < -0.39 is 85.7 Å². The van der Waals surface area contributed by atoms with Crippen LogP contribution in [0.25, 0.3) is 0 Å². The number of guanidine groups is 1. The summed E-state index contributed by atoms with van der Waals surface area (Å²) in [6.45, 7) is -1.67. The standard InChI is InChI=1S/C18H29N7O11/c19-18(20)21-3-1-2-8(15(33)22-6-14(31)32)23-11(27)5-12(28)24-9(4-13(29)30)16(34)25-10(7-26)17(35)36/h8-10,26H,1-7H2,(H,22,33)(H,23,27)(H,24,28)(H,25,34)(H,29,30)(H,31,32)(H,35,36)(H4,19,20,21). The Kier molecular flexibility index (Phi) is 14.2. The van der Waals surface area contributed by atoms with Crippen LogP contribution in [0.4, 0.5) is 0 Å². The fraction of sp³-hybridized carbons (Fsp3) is 0.556. The van der Waals surface area contributed by atoms with Crippen molar-refractivity contribution in [3.05, 3.63) is 0 Å². The molecule has 0 aliphatic rings. The highest BCUT2D eigenvalue weighted by atomic mass is 16.4. The molecular weight excluding hydrogens is 490 g/mol. The van der Waals surface area contributed by atoms with Crippen molar-refractivity contribution < 1.29 is 54.0 Å². The molecule has 0 fully saturated rings. The number of hydrogen-bond acceptors (Lipinski definition) is 9. The molecule has 0 aliphatic carbocycles. The first kappa shape index (κ1) is 31.5. The van der Waals surface area contributed by atoms with Gasteiger partial charge in [-0.1, -0.05) is 0 Å². The van der Waals surface area contributed by atoms with Crippen LogP contribution < -0.4 is 32.7 Å². The molecule has 0 radical (unpaired) electrons. The number of nitrogens with zero attached hydrogens (tertiary/aromatic N) is 1. The molecule has 18 nitrogen and oxygen atoms in total. The maximum absolute atomic E-state index is 12.3. The molecule has 202 valence electrons. The molecule has 0 aliphatic heterocycles. The fourth-order valence-corrected chi connectivity index (χ4v) is 2.54. The fourth-order valence-electron chi connectivity index (χ4n) is 2.54. The quantitative estimate of drug-likeness (QED) is 0.0372. The van der Waals surface area contributed by atoms with Gasteiger partial charge in [-0.25, -0.2) is 4.79 Å². The van der Waals surface area contributed by atoms with Gasteiger partial charge in [0, 0.05) is 6.54 Å². The van der Waals surface area contributed by atoms with Crippen LogP contribution >= 0.6 is 0 Å². The van der Waals surface area contributed by atoms with Crippen molar-refractivity contribution in [3.8, 4) is 0 Å². The molecule has 0 aromatic carbocycles. The molecule has 0 bridgehead atoms. The topological polar surface area (TPSA) is 313 Å². The maximum atomic E-state index is 12.3. The minimum atomic E-state index is -1.79. The second-order valence-corrected chi connectivity index (χ2v) is 7.16. The lowest BCUT2D eigenvalue weighted by Crippen LogP contribution is -2.54. The summed E-state index contributed by atoms with van der Waals surface area (Å²) in [5, 5.41) is 43.6. The maximum Gasteiger partial charge on any atom is 0.328 e. The van der Waals surface area contributed by atoms with E-state index in [1.807, 2.05) is 10.6 Å². The van der Waals surface area contributed by atoms with E-state index >= 15 is 0 Å². The van der Waals surface area contributed by atoms with Crippen molar-refractivity contribution >= 4 is 47.5 Å². The number of carbonyl (C=O) groups is 7. The van der Waals surface area contributed by atoms with E-state index in [9.17, 15) is 33.6 Å². The van der Waals surface area contributed by atoms with E-state index in [2.05, 4.69) is 15.6 Å². The van der Waals surface area contributed by atoms with E-state index in [0.29, 0.717) is 0 Å². The summed E-state index contributed by atoms with van der Waals surface area (Å²) in [6, 6.07) is -4.83. The predicted molar refractivity (Wildman–Crippen MR) is 118 cm³/mol. The Bertz CT molecular complexity index is 873. The van der Waals surface area contributed by atoms with Gasteiger partial charge in [0.05, 0.1) is 13.0 Å². The number of aliphatic imine (C=N–C) groups is 1. The van der Waals surface area contributed by atoms with Crippen LogP contribution in [0.2, 0.25) is 0 Å². The number of aliphatic carboxylic acids is 3.